The number of likely N-dealkylation sites (N-methyl/N-ethyl adjacent to an activating group) is 1. The molecule has 0 bridgehead atoms. The predicted octanol–water partition coefficient (Wildman–Crippen LogP) is 1.70. The summed E-state index contributed by atoms with van der Waals surface area (Å²) in [6, 6.07) is 4.61. The second-order valence-corrected chi connectivity index (χ2v) is 4.94. The number of nitrogens with two attached hydrogens (primary N) is 1. The van der Waals surface area contributed by atoms with Crippen molar-refractivity contribution in [1.82, 2.24) is 4.90 Å². The molecule has 96 valence electrons. The molecule has 1 aromatic heterocycles. The fraction of sp³-hybridized carbons (Fsp3) is 0.692. The van der Waals surface area contributed by atoms with Gasteiger partial charge in [-0.15, -0.1) is 0 Å². The first-order chi connectivity index (χ1) is 8.09. The van der Waals surface area contributed by atoms with Gasteiger partial charge < -0.3 is 14.9 Å². The molecule has 1 fully saturated rings. The molecule has 2 heterocycles. The first kappa shape index (κ1) is 12.6. The summed E-state index contributed by atoms with van der Waals surface area (Å²) in [5, 5.41) is 0. The van der Waals surface area contributed by atoms with Crippen LogP contribution in [0.1, 0.15) is 30.9 Å². The van der Waals surface area contributed by atoms with Gasteiger partial charge in [0.15, 0.2) is 0 Å². The van der Waals surface area contributed by atoms with Crippen molar-refractivity contribution in [3.63, 3.8) is 0 Å². The minimum absolute atomic E-state index is 0.0335. The van der Waals surface area contributed by atoms with Crippen LogP contribution in [0.5, 0.6) is 0 Å². The highest BCUT2D eigenvalue weighted by molar-refractivity contribution is 5.12. The summed E-state index contributed by atoms with van der Waals surface area (Å²) in [7, 11) is 2.10. The van der Waals surface area contributed by atoms with Gasteiger partial charge >= 0.3 is 0 Å². The molecule has 2 N–H and O–H groups in total. The molecule has 0 spiro atoms. The molecule has 2 rings (SSSR count). The van der Waals surface area contributed by atoms with Gasteiger partial charge in [0.05, 0.1) is 12.6 Å². The second kappa shape index (κ2) is 5.21. The number of ether oxygens (including phenoxy) is 1. The highest BCUT2D eigenvalue weighted by Gasteiger charge is 2.31. The molecule has 3 unspecified atom stereocenters. The highest BCUT2D eigenvalue weighted by atomic mass is 16.5. The minimum atomic E-state index is 0.0335. The van der Waals surface area contributed by atoms with Crippen LogP contribution in [0, 0.1) is 6.92 Å². The van der Waals surface area contributed by atoms with Gasteiger partial charge in [-0.05, 0) is 39.4 Å². The van der Waals surface area contributed by atoms with Crippen LogP contribution in [0.2, 0.25) is 0 Å². The monoisotopic (exact) mass is 238 g/mol. The first-order valence-electron chi connectivity index (χ1n) is 6.21. The molecule has 1 aromatic rings. The van der Waals surface area contributed by atoms with Crippen LogP contribution in [0.15, 0.2) is 16.5 Å². The Bertz CT molecular complexity index is 356. The van der Waals surface area contributed by atoms with Gasteiger partial charge in [-0.25, -0.2) is 0 Å². The Balaban J connectivity index is 2.16. The van der Waals surface area contributed by atoms with Crippen LogP contribution in [0.4, 0.5) is 0 Å². The summed E-state index contributed by atoms with van der Waals surface area (Å²) < 4.78 is 11.2. The van der Waals surface area contributed by atoms with Crippen LogP contribution in [0.25, 0.3) is 0 Å². The molecular weight excluding hydrogens is 216 g/mol. The standard InChI is InChI=1S/C13H22N2O2/c1-9-4-5-12(17-9)13(10(2)14)15(3)11-6-7-16-8-11/h4-5,10-11,13H,6-8,14H2,1-3H3. The lowest BCUT2D eigenvalue weighted by atomic mass is 10.0. The lowest BCUT2D eigenvalue weighted by Crippen LogP contribution is -2.43. The van der Waals surface area contributed by atoms with Crippen molar-refractivity contribution >= 4 is 0 Å². The number of furan rings is 1. The molecule has 0 radical (unpaired) electrons. The third-order valence-electron chi connectivity index (χ3n) is 3.47. The van der Waals surface area contributed by atoms with E-state index in [0.717, 1.165) is 31.2 Å². The maximum absolute atomic E-state index is 6.10. The van der Waals surface area contributed by atoms with Crippen molar-refractivity contribution in [3.05, 3.63) is 23.7 Å². The van der Waals surface area contributed by atoms with E-state index in [-0.39, 0.29) is 12.1 Å². The van der Waals surface area contributed by atoms with E-state index < -0.39 is 0 Å². The Morgan fingerprint density at radius 1 is 1.47 bits per heavy atom. The van der Waals surface area contributed by atoms with E-state index in [1.807, 2.05) is 26.0 Å². The molecule has 17 heavy (non-hydrogen) atoms. The minimum Gasteiger partial charge on any atom is -0.465 e. The van der Waals surface area contributed by atoms with Gasteiger partial charge in [0.2, 0.25) is 0 Å². The zero-order valence-corrected chi connectivity index (χ0v) is 10.8. The lowest BCUT2D eigenvalue weighted by Gasteiger charge is -2.33. The van der Waals surface area contributed by atoms with Crippen molar-refractivity contribution < 1.29 is 9.15 Å². The van der Waals surface area contributed by atoms with E-state index in [0.29, 0.717) is 6.04 Å². The summed E-state index contributed by atoms with van der Waals surface area (Å²) in [6.45, 7) is 5.62. The number of aryl methyl sites for hydroxylation is 1. The Labute approximate surface area is 103 Å². The molecule has 0 aromatic carbocycles. The van der Waals surface area contributed by atoms with E-state index in [1.54, 1.807) is 0 Å². The van der Waals surface area contributed by atoms with Crippen LogP contribution < -0.4 is 5.73 Å². The molecular formula is C13H22N2O2. The predicted molar refractivity (Wildman–Crippen MR) is 66.8 cm³/mol. The number of rotatable bonds is 4. The van der Waals surface area contributed by atoms with Crippen LogP contribution in [-0.2, 0) is 4.74 Å². The van der Waals surface area contributed by atoms with Gasteiger partial charge in [-0.3, -0.25) is 4.90 Å². The van der Waals surface area contributed by atoms with Crippen molar-refractivity contribution in [2.75, 3.05) is 20.3 Å². The molecule has 0 aliphatic carbocycles. The summed E-state index contributed by atoms with van der Waals surface area (Å²) in [4.78, 5) is 2.29. The zero-order chi connectivity index (χ0) is 12.4. The quantitative estimate of drug-likeness (QED) is 0.867. The Hall–Kier alpha value is -0.840. The van der Waals surface area contributed by atoms with E-state index >= 15 is 0 Å². The Kier molecular flexibility index (Phi) is 3.86. The maximum Gasteiger partial charge on any atom is 0.122 e. The van der Waals surface area contributed by atoms with E-state index in [4.69, 9.17) is 14.9 Å². The average molecular weight is 238 g/mol. The number of hydrogen-bond donors (Lipinski definition) is 1. The number of nitrogens with zero attached hydrogens (tertiary/aromatic N) is 1. The van der Waals surface area contributed by atoms with E-state index in [2.05, 4.69) is 11.9 Å². The summed E-state index contributed by atoms with van der Waals surface area (Å²) in [6.07, 6.45) is 1.07. The van der Waals surface area contributed by atoms with Gasteiger partial charge in [-0.1, -0.05) is 0 Å². The summed E-state index contributed by atoms with van der Waals surface area (Å²) in [5.41, 5.74) is 6.10. The summed E-state index contributed by atoms with van der Waals surface area (Å²) >= 11 is 0. The molecule has 0 saturated carbocycles. The van der Waals surface area contributed by atoms with Crippen LogP contribution in [-0.4, -0.2) is 37.2 Å². The van der Waals surface area contributed by atoms with Gasteiger partial charge in [0, 0.05) is 18.7 Å². The average Bonchev–Trinajstić information content (AvgIpc) is 2.88. The topological polar surface area (TPSA) is 51.6 Å². The fourth-order valence-electron chi connectivity index (χ4n) is 2.51. The van der Waals surface area contributed by atoms with Gasteiger partial charge in [0.25, 0.3) is 0 Å². The molecule has 3 atom stereocenters. The zero-order valence-electron chi connectivity index (χ0n) is 10.8. The third-order valence-corrected chi connectivity index (χ3v) is 3.47. The summed E-state index contributed by atoms with van der Waals surface area (Å²) in [5.74, 6) is 1.88. The smallest absolute Gasteiger partial charge is 0.122 e. The van der Waals surface area contributed by atoms with Gasteiger partial charge in [0.1, 0.15) is 11.5 Å². The molecule has 1 aliphatic rings. The van der Waals surface area contributed by atoms with Crippen molar-refractivity contribution in [3.8, 4) is 0 Å². The lowest BCUT2D eigenvalue weighted by molar-refractivity contribution is 0.111. The normalized spacial score (nSPS) is 24.2. The SMILES string of the molecule is Cc1ccc(C(C(C)N)N(C)C2CCOC2)o1. The number of hydrogen-bond acceptors (Lipinski definition) is 4. The molecule has 1 saturated heterocycles. The highest BCUT2D eigenvalue weighted by Crippen LogP contribution is 2.28. The molecule has 1 aliphatic heterocycles. The maximum atomic E-state index is 6.10. The van der Waals surface area contributed by atoms with Crippen molar-refractivity contribution in [2.45, 2.75) is 38.4 Å². The fourth-order valence-corrected chi connectivity index (χ4v) is 2.51. The van der Waals surface area contributed by atoms with Crippen molar-refractivity contribution in [1.29, 1.82) is 0 Å². The van der Waals surface area contributed by atoms with Crippen LogP contribution in [0.3, 0.4) is 0 Å². The molecule has 0 amide bonds. The molecule has 4 nitrogen and oxygen atoms in total. The van der Waals surface area contributed by atoms with E-state index in [1.165, 1.54) is 0 Å². The first-order valence-corrected chi connectivity index (χ1v) is 6.21. The van der Waals surface area contributed by atoms with Gasteiger partial charge in [-0.2, -0.15) is 0 Å². The second-order valence-electron chi connectivity index (χ2n) is 4.94. The third kappa shape index (κ3) is 2.70. The molecule has 4 heteroatoms. The van der Waals surface area contributed by atoms with Crippen molar-refractivity contribution in [2.24, 2.45) is 5.73 Å². The largest absolute Gasteiger partial charge is 0.465 e. The van der Waals surface area contributed by atoms with E-state index in [9.17, 15) is 0 Å². The Morgan fingerprint density at radius 3 is 2.71 bits per heavy atom. The Morgan fingerprint density at radius 2 is 2.24 bits per heavy atom. The van der Waals surface area contributed by atoms with Crippen LogP contribution >= 0.6 is 0 Å².